The predicted octanol–water partition coefficient (Wildman–Crippen LogP) is 4.24. The molecule has 3 heteroatoms. The summed E-state index contributed by atoms with van der Waals surface area (Å²) in [6.07, 6.45) is 1.77. The summed E-state index contributed by atoms with van der Waals surface area (Å²) in [6, 6.07) is 10.2. The molecule has 0 aliphatic rings. The van der Waals surface area contributed by atoms with Gasteiger partial charge in [-0.1, -0.05) is 37.6 Å². The van der Waals surface area contributed by atoms with Crippen LogP contribution in [-0.4, -0.2) is 11.5 Å². The molecule has 0 atom stereocenters. The molecule has 0 unspecified atom stereocenters. The fraction of sp³-hybridized carbons (Fsp3) is 0.389. The Morgan fingerprint density at radius 2 is 2.00 bits per heavy atom. The number of benzene rings is 1. The van der Waals surface area contributed by atoms with Crippen molar-refractivity contribution in [3.05, 3.63) is 53.2 Å². The van der Waals surface area contributed by atoms with E-state index in [2.05, 4.69) is 56.2 Å². The molecule has 1 aromatic carbocycles. The van der Waals surface area contributed by atoms with Gasteiger partial charge in [-0.15, -0.1) is 0 Å². The average molecular weight is 284 g/mol. The van der Waals surface area contributed by atoms with Gasteiger partial charge in [0.15, 0.2) is 0 Å². The highest BCUT2D eigenvalue weighted by Gasteiger charge is 2.08. The molecule has 1 heterocycles. The third-order valence-electron chi connectivity index (χ3n) is 3.26. The molecule has 0 aliphatic heterocycles. The summed E-state index contributed by atoms with van der Waals surface area (Å²) in [5, 5.41) is 3.43. The van der Waals surface area contributed by atoms with Crippen molar-refractivity contribution in [3.8, 4) is 11.6 Å². The fourth-order valence-electron chi connectivity index (χ4n) is 2.16. The van der Waals surface area contributed by atoms with Crippen LogP contribution in [0.4, 0.5) is 0 Å². The first-order valence-electron chi connectivity index (χ1n) is 7.46. The smallest absolute Gasteiger partial charge is 0.223 e. The monoisotopic (exact) mass is 284 g/mol. The van der Waals surface area contributed by atoms with E-state index in [-0.39, 0.29) is 0 Å². The van der Waals surface area contributed by atoms with Crippen LogP contribution in [0.1, 0.15) is 30.5 Å². The highest BCUT2D eigenvalue weighted by atomic mass is 16.5. The number of aromatic nitrogens is 1. The third-order valence-corrected chi connectivity index (χ3v) is 3.26. The van der Waals surface area contributed by atoms with Crippen LogP contribution in [0.5, 0.6) is 11.6 Å². The highest BCUT2D eigenvalue weighted by Crippen LogP contribution is 2.26. The van der Waals surface area contributed by atoms with Gasteiger partial charge in [-0.25, -0.2) is 4.98 Å². The Morgan fingerprint density at radius 3 is 2.71 bits per heavy atom. The van der Waals surface area contributed by atoms with Crippen LogP contribution in [0.25, 0.3) is 0 Å². The van der Waals surface area contributed by atoms with Crippen LogP contribution in [0, 0.1) is 19.8 Å². The zero-order valence-corrected chi connectivity index (χ0v) is 13.3. The lowest BCUT2D eigenvalue weighted by Gasteiger charge is -2.13. The van der Waals surface area contributed by atoms with E-state index in [1.807, 2.05) is 12.1 Å². The first kappa shape index (κ1) is 15.5. The van der Waals surface area contributed by atoms with Crippen LogP contribution in [-0.2, 0) is 6.54 Å². The summed E-state index contributed by atoms with van der Waals surface area (Å²) in [4.78, 5) is 4.37. The first-order chi connectivity index (χ1) is 10.1. The van der Waals surface area contributed by atoms with Gasteiger partial charge in [0.25, 0.3) is 0 Å². The zero-order valence-electron chi connectivity index (χ0n) is 13.3. The van der Waals surface area contributed by atoms with Crippen molar-refractivity contribution >= 4 is 0 Å². The number of aryl methyl sites for hydroxylation is 2. The topological polar surface area (TPSA) is 34.1 Å². The summed E-state index contributed by atoms with van der Waals surface area (Å²) in [5.41, 5.74) is 3.44. The van der Waals surface area contributed by atoms with E-state index in [1.54, 1.807) is 6.20 Å². The summed E-state index contributed by atoms with van der Waals surface area (Å²) in [7, 11) is 0. The quantitative estimate of drug-likeness (QED) is 0.861. The van der Waals surface area contributed by atoms with E-state index in [9.17, 15) is 0 Å². The number of pyridine rings is 1. The average Bonchev–Trinajstić information content (AvgIpc) is 2.43. The van der Waals surface area contributed by atoms with E-state index in [0.29, 0.717) is 11.8 Å². The van der Waals surface area contributed by atoms with Crippen molar-refractivity contribution in [2.45, 2.75) is 34.2 Å². The minimum Gasteiger partial charge on any atom is -0.438 e. The van der Waals surface area contributed by atoms with Crippen molar-refractivity contribution in [1.82, 2.24) is 10.3 Å². The van der Waals surface area contributed by atoms with Gasteiger partial charge in [0.1, 0.15) is 5.75 Å². The second-order valence-electron chi connectivity index (χ2n) is 5.86. The Bertz CT molecular complexity index is 594. The van der Waals surface area contributed by atoms with Crippen molar-refractivity contribution in [2.24, 2.45) is 5.92 Å². The molecule has 2 rings (SSSR count). The van der Waals surface area contributed by atoms with Gasteiger partial charge < -0.3 is 10.1 Å². The van der Waals surface area contributed by atoms with E-state index in [1.165, 1.54) is 5.56 Å². The Balaban J connectivity index is 2.12. The molecule has 1 aromatic heterocycles. The van der Waals surface area contributed by atoms with E-state index in [4.69, 9.17) is 4.74 Å². The standard InChI is InChI=1S/C18H24N2O/c1-13(2)11-19-12-16-6-5-9-20-18(16)21-17-8-7-14(3)10-15(17)4/h5-10,13,19H,11-12H2,1-4H3. The summed E-state index contributed by atoms with van der Waals surface area (Å²) >= 11 is 0. The minimum atomic E-state index is 0.630. The van der Waals surface area contributed by atoms with Crippen molar-refractivity contribution in [2.75, 3.05) is 6.54 Å². The van der Waals surface area contributed by atoms with E-state index >= 15 is 0 Å². The van der Waals surface area contributed by atoms with Crippen LogP contribution < -0.4 is 10.1 Å². The maximum Gasteiger partial charge on any atom is 0.223 e. The molecule has 1 N–H and O–H groups in total. The van der Waals surface area contributed by atoms with Crippen molar-refractivity contribution in [1.29, 1.82) is 0 Å². The van der Waals surface area contributed by atoms with Crippen LogP contribution in [0.15, 0.2) is 36.5 Å². The second-order valence-corrected chi connectivity index (χ2v) is 5.86. The molecular formula is C18H24N2O. The van der Waals surface area contributed by atoms with Crippen LogP contribution >= 0.6 is 0 Å². The molecule has 0 saturated heterocycles. The number of nitrogens with zero attached hydrogens (tertiary/aromatic N) is 1. The normalized spacial score (nSPS) is 10.9. The lowest BCUT2D eigenvalue weighted by atomic mass is 10.1. The number of rotatable bonds is 6. The van der Waals surface area contributed by atoms with Gasteiger partial charge in [-0.3, -0.25) is 0 Å². The third kappa shape index (κ3) is 4.57. The van der Waals surface area contributed by atoms with E-state index < -0.39 is 0 Å². The molecule has 0 fully saturated rings. The van der Waals surface area contributed by atoms with Gasteiger partial charge in [-0.2, -0.15) is 0 Å². The summed E-state index contributed by atoms with van der Waals surface area (Å²) < 4.78 is 6.00. The van der Waals surface area contributed by atoms with Gasteiger partial charge in [-0.05, 0) is 44.0 Å². The highest BCUT2D eigenvalue weighted by molar-refractivity contribution is 5.39. The molecule has 0 saturated carbocycles. The SMILES string of the molecule is Cc1ccc(Oc2ncccc2CNCC(C)C)c(C)c1. The molecule has 0 bridgehead atoms. The largest absolute Gasteiger partial charge is 0.438 e. The number of ether oxygens (including phenoxy) is 1. The number of hydrogen-bond donors (Lipinski definition) is 1. The van der Waals surface area contributed by atoms with Gasteiger partial charge >= 0.3 is 0 Å². The molecule has 0 radical (unpaired) electrons. The minimum absolute atomic E-state index is 0.630. The van der Waals surface area contributed by atoms with Crippen LogP contribution in [0.2, 0.25) is 0 Å². The van der Waals surface area contributed by atoms with Crippen LogP contribution in [0.3, 0.4) is 0 Å². The number of hydrogen-bond acceptors (Lipinski definition) is 3. The molecule has 0 spiro atoms. The van der Waals surface area contributed by atoms with Gasteiger partial charge in [0.2, 0.25) is 5.88 Å². The summed E-state index contributed by atoms with van der Waals surface area (Å²) in [5.74, 6) is 2.18. The van der Waals surface area contributed by atoms with Crippen molar-refractivity contribution in [3.63, 3.8) is 0 Å². The van der Waals surface area contributed by atoms with Gasteiger partial charge in [0.05, 0.1) is 0 Å². The molecule has 0 amide bonds. The molecule has 2 aromatic rings. The fourth-order valence-corrected chi connectivity index (χ4v) is 2.16. The zero-order chi connectivity index (χ0) is 15.2. The lowest BCUT2D eigenvalue weighted by molar-refractivity contribution is 0.447. The molecule has 0 aliphatic carbocycles. The lowest BCUT2D eigenvalue weighted by Crippen LogP contribution is -2.19. The second kappa shape index (κ2) is 7.23. The first-order valence-corrected chi connectivity index (χ1v) is 7.46. The molecular weight excluding hydrogens is 260 g/mol. The van der Waals surface area contributed by atoms with Gasteiger partial charge in [0, 0.05) is 18.3 Å². The van der Waals surface area contributed by atoms with Crippen molar-refractivity contribution < 1.29 is 4.74 Å². The molecule has 21 heavy (non-hydrogen) atoms. The maximum atomic E-state index is 6.00. The Labute approximate surface area is 127 Å². The summed E-state index contributed by atoms with van der Waals surface area (Å²) in [6.45, 7) is 10.3. The Morgan fingerprint density at radius 1 is 1.19 bits per heavy atom. The Kier molecular flexibility index (Phi) is 5.34. The Hall–Kier alpha value is -1.87. The molecule has 112 valence electrons. The number of nitrogens with one attached hydrogen (secondary N) is 1. The predicted molar refractivity (Wildman–Crippen MR) is 86.8 cm³/mol. The van der Waals surface area contributed by atoms with E-state index in [0.717, 1.165) is 30.0 Å². The molecule has 3 nitrogen and oxygen atoms in total. The maximum absolute atomic E-state index is 6.00.